The molecule has 0 aliphatic heterocycles. The highest BCUT2D eigenvalue weighted by atomic mass is 14.9. The van der Waals surface area contributed by atoms with Crippen LogP contribution in [0.5, 0.6) is 0 Å². The van der Waals surface area contributed by atoms with Gasteiger partial charge in [-0.25, -0.2) is 0 Å². The molecule has 0 amide bonds. The van der Waals surface area contributed by atoms with Crippen molar-refractivity contribution in [3.05, 3.63) is 24.0 Å². The lowest BCUT2D eigenvalue weighted by atomic mass is 10.5. The lowest BCUT2D eigenvalue weighted by Crippen LogP contribution is -1.89. The fourth-order valence-electron chi connectivity index (χ4n) is 0.547. The average molecular weight is 140 g/mol. The first-order valence-corrected chi connectivity index (χ1v) is 3.38. The lowest BCUT2D eigenvalue weighted by Gasteiger charge is -1.89. The van der Waals surface area contributed by atoms with E-state index in [4.69, 9.17) is 0 Å². The van der Waals surface area contributed by atoms with Gasteiger partial charge in [-0.2, -0.15) is 0 Å². The minimum atomic E-state index is 1.31. The Bertz CT molecular complexity index is 151. The molecule has 1 heterocycles. The predicted octanol–water partition coefficient (Wildman–Crippen LogP) is 1.17. The fourth-order valence-corrected chi connectivity index (χ4v) is 0.547. The standard InChI is InChI=1S/C6H9N.C2H7N/c1-6-4-3-5-7(6)2;1-3-2/h3-5H,1-2H3;3H,1-2H3. The summed E-state index contributed by atoms with van der Waals surface area (Å²) >= 11 is 0. The van der Waals surface area contributed by atoms with Gasteiger partial charge in [0.15, 0.2) is 0 Å². The third-order valence-electron chi connectivity index (χ3n) is 1.20. The number of hydrogen-bond donors (Lipinski definition) is 1. The van der Waals surface area contributed by atoms with Crippen molar-refractivity contribution in [2.24, 2.45) is 7.05 Å². The van der Waals surface area contributed by atoms with Crippen LogP contribution in [0.1, 0.15) is 5.69 Å². The summed E-state index contributed by atoms with van der Waals surface area (Å²) < 4.78 is 2.08. The van der Waals surface area contributed by atoms with Gasteiger partial charge < -0.3 is 9.88 Å². The summed E-state index contributed by atoms with van der Waals surface area (Å²) in [5.74, 6) is 0. The van der Waals surface area contributed by atoms with E-state index in [1.807, 2.05) is 33.4 Å². The van der Waals surface area contributed by atoms with E-state index in [2.05, 4.69) is 22.9 Å². The number of aromatic nitrogens is 1. The molecule has 0 unspecified atom stereocenters. The summed E-state index contributed by atoms with van der Waals surface area (Å²) in [6, 6.07) is 4.12. The van der Waals surface area contributed by atoms with E-state index in [1.165, 1.54) is 5.69 Å². The number of nitrogens with one attached hydrogen (secondary N) is 1. The molecule has 0 atom stereocenters. The van der Waals surface area contributed by atoms with Gasteiger partial charge in [-0.1, -0.05) is 0 Å². The minimum Gasteiger partial charge on any atom is -0.355 e. The third kappa shape index (κ3) is 3.30. The first-order valence-electron chi connectivity index (χ1n) is 3.38. The summed E-state index contributed by atoms with van der Waals surface area (Å²) in [5, 5.41) is 2.75. The van der Waals surface area contributed by atoms with Crippen molar-refractivity contribution in [2.75, 3.05) is 14.1 Å². The first-order chi connectivity index (χ1) is 4.72. The maximum absolute atomic E-state index is 2.75. The number of rotatable bonds is 0. The zero-order valence-electron chi connectivity index (χ0n) is 7.18. The van der Waals surface area contributed by atoms with Crippen LogP contribution in [0.2, 0.25) is 0 Å². The van der Waals surface area contributed by atoms with E-state index in [0.29, 0.717) is 0 Å². The summed E-state index contributed by atoms with van der Waals surface area (Å²) in [4.78, 5) is 0. The quantitative estimate of drug-likeness (QED) is 0.572. The molecule has 2 nitrogen and oxygen atoms in total. The van der Waals surface area contributed by atoms with Crippen LogP contribution in [0.15, 0.2) is 18.3 Å². The average Bonchev–Trinajstić information content (AvgIpc) is 2.19. The highest BCUT2D eigenvalue weighted by molar-refractivity contribution is 5.02. The molecule has 0 aliphatic carbocycles. The van der Waals surface area contributed by atoms with Crippen LogP contribution < -0.4 is 5.32 Å². The molecule has 0 radical (unpaired) electrons. The van der Waals surface area contributed by atoms with Crippen molar-refractivity contribution >= 4 is 0 Å². The Kier molecular flexibility index (Phi) is 4.67. The Labute approximate surface area is 62.9 Å². The second-order valence-electron chi connectivity index (χ2n) is 2.26. The van der Waals surface area contributed by atoms with Crippen molar-refractivity contribution in [1.82, 2.24) is 9.88 Å². The lowest BCUT2D eigenvalue weighted by molar-refractivity contribution is 0.882. The van der Waals surface area contributed by atoms with E-state index in [9.17, 15) is 0 Å². The zero-order valence-corrected chi connectivity index (χ0v) is 7.18. The maximum Gasteiger partial charge on any atom is 0.0140 e. The van der Waals surface area contributed by atoms with Gasteiger partial charge in [-0.15, -0.1) is 0 Å². The molecule has 0 aromatic carbocycles. The Morgan fingerprint density at radius 3 is 2.00 bits per heavy atom. The monoisotopic (exact) mass is 140 g/mol. The smallest absolute Gasteiger partial charge is 0.0140 e. The first kappa shape index (κ1) is 9.24. The highest BCUT2D eigenvalue weighted by Crippen LogP contribution is 1.93. The van der Waals surface area contributed by atoms with E-state index in [1.54, 1.807) is 0 Å². The van der Waals surface area contributed by atoms with Crippen LogP contribution in [0.25, 0.3) is 0 Å². The van der Waals surface area contributed by atoms with Gasteiger partial charge in [0.25, 0.3) is 0 Å². The molecule has 0 fully saturated rings. The van der Waals surface area contributed by atoms with Crippen LogP contribution in [0.3, 0.4) is 0 Å². The number of hydrogen-bond acceptors (Lipinski definition) is 1. The molecular weight excluding hydrogens is 124 g/mol. The second kappa shape index (κ2) is 5.06. The molecule has 0 saturated carbocycles. The Hall–Kier alpha value is -0.760. The fraction of sp³-hybridized carbons (Fsp3) is 0.500. The molecule has 1 aromatic heterocycles. The topological polar surface area (TPSA) is 17.0 Å². The van der Waals surface area contributed by atoms with Gasteiger partial charge in [0.2, 0.25) is 0 Å². The minimum absolute atomic E-state index is 1.31. The third-order valence-corrected chi connectivity index (χ3v) is 1.20. The SMILES string of the molecule is CNC.Cc1cccn1C. The molecule has 2 heteroatoms. The Morgan fingerprint density at radius 1 is 1.40 bits per heavy atom. The largest absolute Gasteiger partial charge is 0.355 e. The van der Waals surface area contributed by atoms with Crippen molar-refractivity contribution in [3.63, 3.8) is 0 Å². The van der Waals surface area contributed by atoms with Crippen LogP contribution >= 0.6 is 0 Å². The second-order valence-corrected chi connectivity index (χ2v) is 2.26. The molecule has 1 rings (SSSR count). The summed E-state index contributed by atoms with van der Waals surface area (Å²) in [7, 11) is 5.79. The van der Waals surface area contributed by atoms with Gasteiger partial charge in [0.05, 0.1) is 0 Å². The van der Waals surface area contributed by atoms with Gasteiger partial charge >= 0.3 is 0 Å². The Balaban J connectivity index is 0.000000236. The van der Waals surface area contributed by atoms with Gasteiger partial charge in [0, 0.05) is 18.9 Å². The Morgan fingerprint density at radius 2 is 1.90 bits per heavy atom. The van der Waals surface area contributed by atoms with Crippen LogP contribution in [0, 0.1) is 6.92 Å². The molecule has 58 valence electrons. The molecule has 1 aromatic rings. The van der Waals surface area contributed by atoms with E-state index in [-0.39, 0.29) is 0 Å². The van der Waals surface area contributed by atoms with Crippen molar-refractivity contribution in [3.8, 4) is 0 Å². The van der Waals surface area contributed by atoms with Gasteiger partial charge in [-0.05, 0) is 33.2 Å². The van der Waals surface area contributed by atoms with Crippen molar-refractivity contribution in [1.29, 1.82) is 0 Å². The van der Waals surface area contributed by atoms with Crippen LogP contribution in [0.4, 0.5) is 0 Å². The molecule has 0 spiro atoms. The van der Waals surface area contributed by atoms with Crippen LogP contribution in [-0.4, -0.2) is 18.7 Å². The van der Waals surface area contributed by atoms with Crippen molar-refractivity contribution < 1.29 is 0 Å². The van der Waals surface area contributed by atoms with E-state index in [0.717, 1.165) is 0 Å². The number of nitrogens with zero attached hydrogens (tertiary/aromatic N) is 1. The van der Waals surface area contributed by atoms with E-state index >= 15 is 0 Å². The van der Waals surface area contributed by atoms with Gasteiger partial charge in [0.1, 0.15) is 0 Å². The molecular formula is C8H16N2. The van der Waals surface area contributed by atoms with Crippen molar-refractivity contribution in [2.45, 2.75) is 6.92 Å². The molecule has 0 aliphatic rings. The predicted molar refractivity (Wildman–Crippen MR) is 45.1 cm³/mol. The molecule has 0 bridgehead atoms. The normalized spacial score (nSPS) is 8.40. The highest BCUT2D eigenvalue weighted by Gasteiger charge is 1.81. The maximum atomic E-state index is 2.75. The summed E-state index contributed by atoms with van der Waals surface area (Å²) in [6.07, 6.45) is 2.04. The summed E-state index contributed by atoms with van der Waals surface area (Å²) in [6.45, 7) is 2.08. The molecule has 0 saturated heterocycles. The number of aryl methyl sites for hydroxylation is 2. The molecule has 1 N–H and O–H groups in total. The van der Waals surface area contributed by atoms with Gasteiger partial charge in [-0.3, -0.25) is 0 Å². The summed E-state index contributed by atoms with van der Waals surface area (Å²) in [5.41, 5.74) is 1.31. The van der Waals surface area contributed by atoms with E-state index < -0.39 is 0 Å². The van der Waals surface area contributed by atoms with Crippen LogP contribution in [-0.2, 0) is 7.05 Å². The molecule has 10 heavy (non-hydrogen) atoms. The zero-order chi connectivity index (χ0) is 7.98.